The Morgan fingerprint density at radius 1 is 1.36 bits per heavy atom. The van der Waals surface area contributed by atoms with Gasteiger partial charge in [-0.25, -0.2) is 0 Å². The van der Waals surface area contributed by atoms with Crippen LogP contribution in [0.3, 0.4) is 0 Å². The number of hydrogen-bond acceptors (Lipinski definition) is 1. The van der Waals surface area contributed by atoms with E-state index in [9.17, 15) is 0 Å². The maximum absolute atomic E-state index is 5.95. The molecule has 1 heterocycles. The third-order valence-corrected chi connectivity index (χ3v) is 2.69. The number of H-pyrrole nitrogens is 1. The summed E-state index contributed by atoms with van der Waals surface area (Å²) < 4.78 is 0. The Morgan fingerprint density at radius 2 is 2.21 bits per heavy atom. The first-order valence-electron chi connectivity index (χ1n) is 5.12. The molecule has 1 unspecified atom stereocenters. The molecule has 0 aliphatic carbocycles. The van der Waals surface area contributed by atoms with Crippen molar-refractivity contribution in [3.63, 3.8) is 0 Å². The van der Waals surface area contributed by atoms with E-state index in [1.165, 1.54) is 16.5 Å². The Kier molecular flexibility index (Phi) is 2.55. The summed E-state index contributed by atoms with van der Waals surface area (Å²) >= 11 is 0. The molecule has 0 aliphatic heterocycles. The summed E-state index contributed by atoms with van der Waals surface area (Å²) in [5.41, 5.74) is 8.50. The number of aromatic amines is 1. The second-order valence-electron chi connectivity index (χ2n) is 3.73. The number of nitrogens with two attached hydrogens (primary N) is 1. The average Bonchev–Trinajstić information content (AvgIpc) is 2.66. The maximum atomic E-state index is 5.95. The monoisotopic (exact) mass is 188 g/mol. The van der Waals surface area contributed by atoms with Crippen LogP contribution in [-0.4, -0.2) is 11.0 Å². The van der Waals surface area contributed by atoms with E-state index in [4.69, 9.17) is 5.73 Å². The minimum atomic E-state index is 0.274. The minimum absolute atomic E-state index is 0.274. The van der Waals surface area contributed by atoms with Crippen molar-refractivity contribution in [2.24, 2.45) is 5.73 Å². The van der Waals surface area contributed by atoms with E-state index in [0.29, 0.717) is 0 Å². The third-order valence-electron chi connectivity index (χ3n) is 2.69. The van der Waals surface area contributed by atoms with Crippen molar-refractivity contribution in [3.8, 4) is 0 Å². The lowest BCUT2D eigenvalue weighted by atomic mass is 10.0. The molecule has 14 heavy (non-hydrogen) atoms. The Labute approximate surface area is 84.1 Å². The predicted molar refractivity (Wildman–Crippen MR) is 60.3 cm³/mol. The number of benzene rings is 1. The molecule has 0 amide bonds. The maximum Gasteiger partial charge on any atom is 0.0456 e. The van der Waals surface area contributed by atoms with Gasteiger partial charge in [-0.05, 0) is 30.5 Å². The number of fused-ring (bicyclic) bond motifs is 1. The molecule has 1 aromatic heterocycles. The van der Waals surface area contributed by atoms with Gasteiger partial charge in [0.15, 0.2) is 0 Å². The fourth-order valence-corrected chi connectivity index (χ4v) is 1.76. The second kappa shape index (κ2) is 3.84. The summed E-state index contributed by atoms with van der Waals surface area (Å²) in [6.45, 7) is 2.13. The van der Waals surface area contributed by atoms with Crippen molar-refractivity contribution < 1.29 is 0 Å². The molecule has 0 saturated heterocycles. The van der Waals surface area contributed by atoms with Gasteiger partial charge in [0.05, 0.1) is 0 Å². The fraction of sp³-hybridized carbons (Fsp3) is 0.333. The van der Waals surface area contributed by atoms with Gasteiger partial charge < -0.3 is 10.7 Å². The van der Waals surface area contributed by atoms with Gasteiger partial charge in [-0.2, -0.15) is 0 Å². The quantitative estimate of drug-likeness (QED) is 0.763. The molecule has 2 heteroatoms. The number of nitrogens with one attached hydrogen (secondary N) is 1. The van der Waals surface area contributed by atoms with Gasteiger partial charge in [0, 0.05) is 23.1 Å². The Morgan fingerprint density at radius 3 is 3.00 bits per heavy atom. The average molecular weight is 188 g/mol. The molecule has 0 aliphatic rings. The highest BCUT2D eigenvalue weighted by Gasteiger charge is 2.05. The third kappa shape index (κ3) is 1.66. The molecule has 2 rings (SSSR count). The fourth-order valence-electron chi connectivity index (χ4n) is 1.76. The molecular formula is C12H16N2. The smallest absolute Gasteiger partial charge is 0.0456 e. The standard InChI is InChI=1S/C12H16N2/c1-2-10(13)8-9-4-3-5-12-11(9)6-7-14-12/h3-7,10,14H,2,8,13H2,1H3. The summed E-state index contributed by atoms with van der Waals surface area (Å²) in [4.78, 5) is 3.21. The van der Waals surface area contributed by atoms with Crippen LogP contribution in [0.2, 0.25) is 0 Å². The van der Waals surface area contributed by atoms with Crippen LogP contribution in [0.5, 0.6) is 0 Å². The molecule has 0 saturated carbocycles. The SMILES string of the molecule is CCC(N)Cc1cccc2[nH]ccc12. The highest BCUT2D eigenvalue weighted by atomic mass is 14.7. The van der Waals surface area contributed by atoms with E-state index in [1.807, 2.05) is 6.20 Å². The molecule has 0 bridgehead atoms. The van der Waals surface area contributed by atoms with E-state index >= 15 is 0 Å². The molecule has 2 aromatic rings. The Bertz CT molecular complexity index is 417. The summed E-state index contributed by atoms with van der Waals surface area (Å²) in [6.07, 6.45) is 3.97. The lowest BCUT2D eigenvalue weighted by Crippen LogP contribution is -2.21. The summed E-state index contributed by atoms with van der Waals surface area (Å²) in [5.74, 6) is 0. The van der Waals surface area contributed by atoms with Crippen LogP contribution in [0.4, 0.5) is 0 Å². The first kappa shape index (κ1) is 9.28. The van der Waals surface area contributed by atoms with Crippen molar-refractivity contribution in [2.45, 2.75) is 25.8 Å². The summed E-state index contributed by atoms with van der Waals surface area (Å²) in [7, 11) is 0. The zero-order valence-corrected chi connectivity index (χ0v) is 8.46. The highest BCUT2D eigenvalue weighted by Crippen LogP contribution is 2.18. The number of rotatable bonds is 3. The van der Waals surface area contributed by atoms with Crippen molar-refractivity contribution in [2.75, 3.05) is 0 Å². The summed E-state index contributed by atoms with van der Waals surface area (Å²) in [5, 5.41) is 1.30. The molecule has 74 valence electrons. The van der Waals surface area contributed by atoms with E-state index < -0.39 is 0 Å². The van der Waals surface area contributed by atoms with Crippen LogP contribution in [0.15, 0.2) is 30.5 Å². The predicted octanol–water partition coefficient (Wildman–Crippen LogP) is 2.45. The van der Waals surface area contributed by atoms with Gasteiger partial charge in [0.25, 0.3) is 0 Å². The van der Waals surface area contributed by atoms with Crippen molar-refractivity contribution in [1.82, 2.24) is 4.98 Å². The van der Waals surface area contributed by atoms with Crippen LogP contribution in [-0.2, 0) is 6.42 Å². The molecule has 1 aromatic carbocycles. The molecule has 0 radical (unpaired) electrons. The van der Waals surface area contributed by atoms with Crippen LogP contribution in [0, 0.1) is 0 Å². The largest absolute Gasteiger partial charge is 0.361 e. The lowest BCUT2D eigenvalue weighted by Gasteiger charge is -2.09. The molecule has 0 spiro atoms. The zero-order chi connectivity index (χ0) is 9.97. The van der Waals surface area contributed by atoms with Gasteiger partial charge in [-0.1, -0.05) is 19.1 Å². The van der Waals surface area contributed by atoms with Gasteiger partial charge >= 0.3 is 0 Å². The molecule has 2 nitrogen and oxygen atoms in total. The Hall–Kier alpha value is -1.28. The van der Waals surface area contributed by atoms with Crippen molar-refractivity contribution in [1.29, 1.82) is 0 Å². The molecule has 0 fully saturated rings. The zero-order valence-electron chi connectivity index (χ0n) is 8.46. The topological polar surface area (TPSA) is 41.8 Å². The van der Waals surface area contributed by atoms with E-state index in [0.717, 1.165) is 12.8 Å². The van der Waals surface area contributed by atoms with Crippen LogP contribution >= 0.6 is 0 Å². The van der Waals surface area contributed by atoms with E-state index in [-0.39, 0.29) is 6.04 Å². The van der Waals surface area contributed by atoms with E-state index in [1.54, 1.807) is 0 Å². The van der Waals surface area contributed by atoms with Crippen LogP contribution in [0.25, 0.3) is 10.9 Å². The van der Waals surface area contributed by atoms with Gasteiger partial charge in [-0.3, -0.25) is 0 Å². The van der Waals surface area contributed by atoms with Crippen molar-refractivity contribution in [3.05, 3.63) is 36.0 Å². The van der Waals surface area contributed by atoms with Gasteiger partial charge in [0.2, 0.25) is 0 Å². The van der Waals surface area contributed by atoms with Crippen LogP contribution in [0.1, 0.15) is 18.9 Å². The first-order valence-corrected chi connectivity index (χ1v) is 5.12. The summed E-state index contributed by atoms with van der Waals surface area (Å²) in [6, 6.07) is 8.72. The number of aromatic nitrogens is 1. The molecule has 3 N–H and O–H groups in total. The highest BCUT2D eigenvalue weighted by molar-refractivity contribution is 5.82. The van der Waals surface area contributed by atoms with E-state index in [2.05, 4.69) is 36.2 Å². The minimum Gasteiger partial charge on any atom is -0.361 e. The lowest BCUT2D eigenvalue weighted by molar-refractivity contribution is 0.649. The normalized spacial score (nSPS) is 13.3. The Balaban J connectivity index is 2.36. The first-order chi connectivity index (χ1) is 6.81. The number of hydrogen-bond donors (Lipinski definition) is 2. The van der Waals surface area contributed by atoms with Crippen molar-refractivity contribution >= 4 is 10.9 Å². The second-order valence-corrected chi connectivity index (χ2v) is 3.73. The van der Waals surface area contributed by atoms with Gasteiger partial charge in [0.1, 0.15) is 0 Å². The molecule has 1 atom stereocenters. The molecular weight excluding hydrogens is 172 g/mol. The van der Waals surface area contributed by atoms with Crippen LogP contribution < -0.4 is 5.73 Å². The van der Waals surface area contributed by atoms with Gasteiger partial charge in [-0.15, -0.1) is 0 Å².